The van der Waals surface area contributed by atoms with Gasteiger partial charge in [0.15, 0.2) is 0 Å². The van der Waals surface area contributed by atoms with Crippen molar-refractivity contribution in [3.63, 3.8) is 0 Å². The van der Waals surface area contributed by atoms with Crippen molar-refractivity contribution in [3.05, 3.63) is 40.8 Å². The van der Waals surface area contributed by atoms with Crippen molar-refractivity contribution in [1.82, 2.24) is 9.78 Å². The highest BCUT2D eigenvalue weighted by Crippen LogP contribution is 2.17. The third kappa shape index (κ3) is 1.96. The summed E-state index contributed by atoms with van der Waals surface area (Å²) in [6, 6.07) is 6.03. The number of aromatic nitrogens is 2. The molecule has 0 spiro atoms. The molecule has 2 aromatic heterocycles. The van der Waals surface area contributed by atoms with Crippen LogP contribution in [0.1, 0.15) is 10.9 Å². The number of rotatable bonds is 3. The van der Waals surface area contributed by atoms with Gasteiger partial charge in [-0.15, -0.1) is 11.3 Å². The Hall–Kier alpha value is -1.13. The molecule has 2 N–H and O–H groups in total. The summed E-state index contributed by atoms with van der Waals surface area (Å²) in [4.78, 5) is 1.20. The van der Waals surface area contributed by atoms with E-state index in [1.54, 1.807) is 17.5 Å². The van der Waals surface area contributed by atoms with Gasteiger partial charge in [0.05, 0.1) is 12.6 Å². The maximum Gasteiger partial charge on any atom is 0.0610 e. The van der Waals surface area contributed by atoms with Gasteiger partial charge in [0.2, 0.25) is 0 Å². The molecule has 0 aliphatic heterocycles. The number of hydrogen-bond donors (Lipinski definition) is 1. The van der Waals surface area contributed by atoms with Crippen LogP contribution in [0, 0.1) is 0 Å². The van der Waals surface area contributed by atoms with E-state index in [0.717, 1.165) is 6.54 Å². The zero-order chi connectivity index (χ0) is 9.10. The molecule has 13 heavy (non-hydrogen) atoms. The molecule has 2 heterocycles. The quantitative estimate of drug-likeness (QED) is 0.805. The van der Waals surface area contributed by atoms with E-state index in [-0.39, 0.29) is 6.04 Å². The third-order valence-corrected chi connectivity index (χ3v) is 2.86. The van der Waals surface area contributed by atoms with Gasteiger partial charge in [0.1, 0.15) is 0 Å². The van der Waals surface area contributed by atoms with Gasteiger partial charge in [-0.2, -0.15) is 5.10 Å². The second-order valence-electron chi connectivity index (χ2n) is 2.85. The first-order valence-electron chi connectivity index (χ1n) is 4.12. The Morgan fingerprint density at radius 3 is 3.08 bits per heavy atom. The molecule has 3 nitrogen and oxygen atoms in total. The second-order valence-corrected chi connectivity index (χ2v) is 3.83. The fourth-order valence-corrected chi connectivity index (χ4v) is 1.92. The number of nitrogens with zero attached hydrogens (tertiary/aromatic N) is 2. The fraction of sp³-hybridized carbons (Fsp3) is 0.222. The van der Waals surface area contributed by atoms with Crippen LogP contribution >= 0.6 is 11.3 Å². The average Bonchev–Trinajstić information content (AvgIpc) is 2.74. The average molecular weight is 193 g/mol. The van der Waals surface area contributed by atoms with Crippen molar-refractivity contribution in [2.24, 2.45) is 5.73 Å². The number of thiophene rings is 1. The molecule has 0 bridgehead atoms. The Labute approximate surface area is 80.8 Å². The minimum atomic E-state index is 0.0555. The Balaban J connectivity index is 2.04. The molecule has 4 heteroatoms. The predicted octanol–water partition coefficient (Wildman–Crippen LogP) is 1.64. The standard InChI is InChI=1S/C9H11N3S/c10-8(9-3-1-6-13-9)7-12-5-2-4-11-12/h1-6,8H,7,10H2. The molecule has 0 aliphatic carbocycles. The van der Waals surface area contributed by atoms with Crippen LogP contribution < -0.4 is 5.73 Å². The van der Waals surface area contributed by atoms with Crippen LogP contribution in [-0.2, 0) is 6.54 Å². The van der Waals surface area contributed by atoms with Crippen molar-refractivity contribution in [1.29, 1.82) is 0 Å². The van der Waals surface area contributed by atoms with Crippen LogP contribution in [0.25, 0.3) is 0 Å². The van der Waals surface area contributed by atoms with Gasteiger partial charge in [-0.25, -0.2) is 0 Å². The predicted molar refractivity (Wildman–Crippen MR) is 53.5 cm³/mol. The summed E-state index contributed by atoms with van der Waals surface area (Å²) in [7, 11) is 0. The van der Waals surface area contributed by atoms with Crippen molar-refractivity contribution in [3.8, 4) is 0 Å². The van der Waals surface area contributed by atoms with Gasteiger partial charge in [0, 0.05) is 17.3 Å². The van der Waals surface area contributed by atoms with E-state index < -0.39 is 0 Å². The van der Waals surface area contributed by atoms with E-state index in [1.165, 1.54) is 4.88 Å². The van der Waals surface area contributed by atoms with E-state index in [0.29, 0.717) is 0 Å². The highest BCUT2D eigenvalue weighted by Gasteiger charge is 2.06. The van der Waals surface area contributed by atoms with Gasteiger partial charge in [0.25, 0.3) is 0 Å². The molecule has 0 aromatic carbocycles. The SMILES string of the molecule is NC(Cn1cccn1)c1cccs1. The summed E-state index contributed by atoms with van der Waals surface area (Å²) in [5.41, 5.74) is 5.98. The van der Waals surface area contributed by atoms with Crippen molar-refractivity contribution < 1.29 is 0 Å². The lowest BCUT2D eigenvalue weighted by Gasteiger charge is -2.08. The summed E-state index contributed by atoms with van der Waals surface area (Å²) in [6.45, 7) is 0.744. The molecule has 0 saturated heterocycles. The largest absolute Gasteiger partial charge is 0.322 e. The molecular formula is C9H11N3S. The zero-order valence-corrected chi connectivity index (χ0v) is 7.95. The molecular weight excluding hydrogens is 182 g/mol. The Morgan fingerprint density at radius 1 is 1.54 bits per heavy atom. The third-order valence-electron chi connectivity index (χ3n) is 1.85. The topological polar surface area (TPSA) is 43.8 Å². The van der Waals surface area contributed by atoms with Gasteiger partial charge in [-0.05, 0) is 17.5 Å². The summed E-state index contributed by atoms with van der Waals surface area (Å²) >= 11 is 1.69. The lowest BCUT2D eigenvalue weighted by molar-refractivity contribution is 0.533. The van der Waals surface area contributed by atoms with Crippen LogP contribution in [0.3, 0.4) is 0 Å². The van der Waals surface area contributed by atoms with Crippen molar-refractivity contribution >= 4 is 11.3 Å². The van der Waals surface area contributed by atoms with Crippen LogP contribution in [0.2, 0.25) is 0 Å². The smallest absolute Gasteiger partial charge is 0.0610 e. The maximum absolute atomic E-state index is 5.98. The Morgan fingerprint density at radius 2 is 2.46 bits per heavy atom. The maximum atomic E-state index is 5.98. The van der Waals surface area contributed by atoms with Gasteiger partial charge >= 0.3 is 0 Å². The van der Waals surface area contributed by atoms with Crippen LogP contribution in [0.5, 0.6) is 0 Å². The normalized spacial score (nSPS) is 13.0. The highest BCUT2D eigenvalue weighted by molar-refractivity contribution is 7.10. The van der Waals surface area contributed by atoms with Gasteiger partial charge in [-0.3, -0.25) is 4.68 Å². The molecule has 2 rings (SSSR count). The first-order chi connectivity index (χ1) is 6.36. The van der Waals surface area contributed by atoms with Crippen LogP contribution in [0.4, 0.5) is 0 Å². The van der Waals surface area contributed by atoms with Crippen LogP contribution in [-0.4, -0.2) is 9.78 Å². The van der Waals surface area contributed by atoms with Crippen LogP contribution in [0.15, 0.2) is 36.0 Å². The number of nitrogens with two attached hydrogens (primary N) is 1. The summed E-state index contributed by atoms with van der Waals surface area (Å²) in [5, 5.41) is 6.15. The minimum Gasteiger partial charge on any atom is -0.322 e. The van der Waals surface area contributed by atoms with E-state index in [2.05, 4.69) is 11.2 Å². The molecule has 0 amide bonds. The molecule has 1 unspecified atom stereocenters. The number of hydrogen-bond acceptors (Lipinski definition) is 3. The fourth-order valence-electron chi connectivity index (χ4n) is 1.20. The van der Waals surface area contributed by atoms with Crippen molar-refractivity contribution in [2.75, 3.05) is 0 Å². The van der Waals surface area contributed by atoms with E-state index >= 15 is 0 Å². The molecule has 0 aliphatic rings. The summed E-state index contributed by atoms with van der Waals surface area (Å²) < 4.78 is 1.85. The summed E-state index contributed by atoms with van der Waals surface area (Å²) in [6.07, 6.45) is 3.69. The van der Waals surface area contributed by atoms with Crippen molar-refractivity contribution in [2.45, 2.75) is 12.6 Å². The molecule has 0 fully saturated rings. The molecule has 1 atom stereocenters. The first-order valence-corrected chi connectivity index (χ1v) is 5.00. The Bertz CT molecular complexity index is 339. The van der Waals surface area contributed by atoms with E-state index in [4.69, 9.17) is 5.73 Å². The molecule has 0 radical (unpaired) electrons. The van der Waals surface area contributed by atoms with E-state index in [1.807, 2.05) is 28.4 Å². The lowest BCUT2D eigenvalue weighted by Crippen LogP contribution is -2.16. The Kier molecular flexibility index (Phi) is 2.42. The molecule has 0 saturated carbocycles. The zero-order valence-electron chi connectivity index (χ0n) is 7.13. The molecule has 68 valence electrons. The minimum absolute atomic E-state index is 0.0555. The highest BCUT2D eigenvalue weighted by atomic mass is 32.1. The lowest BCUT2D eigenvalue weighted by atomic mass is 10.2. The van der Waals surface area contributed by atoms with E-state index in [9.17, 15) is 0 Å². The van der Waals surface area contributed by atoms with Gasteiger partial charge < -0.3 is 5.73 Å². The first kappa shape index (κ1) is 8.47. The van der Waals surface area contributed by atoms with Gasteiger partial charge in [-0.1, -0.05) is 6.07 Å². The molecule has 2 aromatic rings. The monoisotopic (exact) mass is 193 g/mol. The summed E-state index contributed by atoms with van der Waals surface area (Å²) in [5.74, 6) is 0. The second kappa shape index (κ2) is 3.72.